The molecule has 2 aromatic heterocycles. The van der Waals surface area contributed by atoms with E-state index in [1.165, 1.54) is 17.4 Å². The van der Waals surface area contributed by atoms with Gasteiger partial charge in [0.25, 0.3) is 0 Å². The van der Waals surface area contributed by atoms with Crippen molar-refractivity contribution in [3.05, 3.63) is 76.1 Å². The second kappa shape index (κ2) is 8.79. The predicted octanol–water partition coefficient (Wildman–Crippen LogP) is 4.05. The van der Waals surface area contributed by atoms with Gasteiger partial charge in [-0.3, -0.25) is 0 Å². The van der Waals surface area contributed by atoms with Crippen LogP contribution >= 0.6 is 11.3 Å². The van der Waals surface area contributed by atoms with Crippen molar-refractivity contribution in [3.63, 3.8) is 0 Å². The first kappa shape index (κ1) is 19.7. The molecule has 7 nitrogen and oxygen atoms in total. The molecule has 0 atom stereocenters. The van der Waals surface area contributed by atoms with E-state index in [1.807, 2.05) is 29.6 Å². The largest absolute Gasteiger partial charge is 0.497 e. The van der Waals surface area contributed by atoms with E-state index < -0.39 is 11.6 Å². The number of hydrogen-bond donors (Lipinski definition) is 0. The van der Waals surface area contributed by atoms with Gasteiger partial charge in [-0.15, -0.1) is 11.3 Å². The normalized spacial score (nSPS) is 10.7. The van der Waals surface area contributed by atoms with Crippen LogP contribution in [0.5, 0.6) is 11.5 Å². The van der Waals surface area contributed by atoms with E-state index in [2.05, 4.69) is 4.98 Å². The van der Waals surface area contributed by atoms with Crippen LogP contribution in [0.15, 0.2) is 69.2 Å². The summed E-state index contributed by atoms with van der Waals surface area (Å²) < 4.78 is 21.0. The average molecular weight is 423 g/mol. The van der Waals surface area contributed by atoms with Crippen LogP contribution in [0.4, 0.5) is 0 Å². The summed E-state index contributed by atoms with van der Waals surface area (Å²) in [5, 5.41) is 3.42. The average Bonchev–Trinajstić information content (AvgIpc) is 3.25. The summed E-state index contributed by atoms with van der Waals surface area (Å²) >= 11 is 1.46. The van der Waals surface area contributed by atoms with Gasteiger partial charge in [-0.2, -0.15) is 0 Å². The van der Waals surface area contributed by atoms with Crippen LogP contribution in [-0.4, -0.2) is 24.7 Å². The molecule has 0 bridgehead atoms. The van der Waals surface area contributed by atoms with Crippen molar-refractivity contribution >= 4 is 28.3 Å². The highest BCUT2D eigenvalue weighted by atomic mass is 32.1. The van der Waals surface area contributed by atoms with Gasteiger partial charge in [-0.1, -0.05) is 12.1 Å². The zero-order valence-electron chi connectivity index (χ0n) is 16.0. The second-order valence-electron chi connectivity index (χ2n) is 6.28. The Bertz CT molecular complexity index is 1250. The maximum absolute atomic E-state index is 12.0. The number of hydrogen-bond acceptors (Lipinski definition) is 8. The Hall–Kier alpha value is -3.65. The third kappa shape index (κ3) is 4.66. The van der Waals surface area contributed by atoms with Gasteiger partial charge < -0.3 is 18.6 Å². The van der Waals surface area contributed by atoms with Gasteiger partial charge in [-0.05, 0) is 30.3 Å². The molecule has 0 unspecified atom stereocenters. The minimum Gasteiger partial charge on any atom is -0.497 e. The first-order chi connectivity index (χ1) is 14.6. The minimum atomic E-state index is -0.527. The number of carbonyl (C=O) groups is 1. The van der Waals surface area contributed by atoms with Crippen LogP contribution in [0.3, 0.4) is 0 Å². The van der Waals surface area contributed by atoms with Crippen LogP contribution in [0, 0.1) is 0 Å². The zero-order chi connectivity index (χ0) is 20.9. The molecule has 0 spiro atoms. The molecule has 0 radical (unpaired) electrons. The minimum absolute atomic E-state index is 0.0509. The van der Waals surface area contributed by atoms with Crippen molar-refractivity contribution < 1.29 is 23.4 Å². The van der Waals surface area contributed by atoms with Gasteiger partial charge in [0, 0.05) is 28.5 Å². The fraction of sp³-hybridized carbons (Fsp3) is 0.136. The Labute approximate surface area is 175 Å². The SMILES string of the molecule is COc1cccc(-c2nc(COC(=O)COc3ccc4ccc(=O)oc4c3)cs2)c1. The summed E-state index contributed by atoms with van der Waals surface area (Å²) in [6.07, 6.45) is 0. The summed E-state index contributed by atoms with van der Waals surface area (Å²) in [5.74, 6) is 0.629. The third-order valence-electron chi connectivity index (χ3n) is 4.20. The van der Waals surface area contributed by atoms with E-state index >= 15 is 0 Å². The molecule has 2 heterocycles. The van der Waals surface area contributed by atoms with Gasteiger partial charge in [0.2, 0.25) is 0 Å². The van der Waals surface area contributed by atoms with Crippen molar-refractivity contribution in [2.24, 2.45) is 0 Å². The maximum atomic E-state index is 12.0. The van der Waals surface area contributed by atoms with Crippen molar-refractivity contribution in [3.8, 4) is 22.1 Å². The van der Waals surface area contributed by atoms with Crippen molar-refractivity contribution in [1.82, 2.24) is 4.98 Å². The van der Waals surface area contributed by atoms with Crippen molar-refractivity contribution in [2.45, 2.75) is 6.61 Å². The van der Waals surface area contributed by atoms with Crippen LogP contribution in [0.2, 0.25) is 0 Å². The Kier molecular flexibility index (Phi) is 5.76. The highest BCUT2D eigenvalue weighted by Crippen LogP contribution is 2.27. The molecule has 4 rings (SSSR count). The van der Waals surface area contributed by atoms with Crippen LogP contribution in [0.1, 0.15) is 5.69 Å². The monoisotopic (exact) mass is 423 g/mol. The molecule has 4 aromatic rings. The molecule has 30 heavy (non-hydrogen) atoms. The second-order valence-corrected chi connectivity index (χ2v) is 7.14. The number of nitrogens with zero attached hydrogens (tertiary/aromatic N) is 1. The lowest BCUT2D eigenvalue weighted by molar-refractivity contribution is -0.147. The number of esters is 1. The summed E-state index contributed by atoms with van der Waals surface area (Å²) in [7, 11) is 1.61. The fourth-order valence-corrected chi connectivity index (χ4v) is 3.53. The number of benzene rings is 2. The van der Waals surface area contributed by atoms with Gasteiger partial charge in [0.05, 0.1) is 12.8 Å². The summed E-state index contributed by atoms with van der Waals surface area (Å²) in [6, 6.07) is 15.6. The molecule has 2 aromatic carbocycles. The van der Waals surface area contributed by atoms with E-state index in [0.717, 1.165) is 21.7 Å². The molecule has 0 amide bonds. The molecule has 0 aliphatic rings. The molecule has 0 aliphatic carbocycles. The smallest absolute Gasteiger partial charge is 0.344 e. The number of ether oxygens (including phenoxy) is 3. The third-order valence-corrected chi connectivity index (χ3v) is 5.14. The molecule has 0 saturated carbocycles. The molecular weight excluding hydrogens is 406 g/mol. The molecular formula is C22H17NO6S. The molecule has 0 N–H and O–H groups in total. The summed E-state index contributed by atoms with van der Waals surface area (Å²) in [5.41, 5.74) is 1.53. The number of thiazole rings is 1. The van der Waals surface area contributed by atoms with Crippen LogP contribution < -0.4 is 15.1 Å². The molecule has 0 saturated heterocycles. The number of fused-ring (bicyclic) bond motifs is 1. The molecule has 0 aliphatic heterocycles. The van der Waals surface area contributed by atoms with Gasteiger partial charge in [0.1, 0.15) is 28.7 Å². The lowest BCUT2D eigenvalue weighted by atomic mass is 10.2. The molecule has 152 valence electrons. The van der Waals surface area contributed by atoms with Gasteiger partial charge in [-0.25, -0.2) is 14.6 Å². The zero-order valence-corrected chi connectivity index (χ0v) is 16.8. The van der Waals surface area contributed by atoms with E-state index in [9.17, 15) is 9.59 Å². The van der Waals surface area contributed by atoms with E-state index in [-0.39, 0.29) is 13.2 Å². The lowest BCUT2D eigenvalue weighted by Crippen LogP contribution is -2.14. The first-order valence-corrected chi connectivity index (χ1v) is 9.90. The van der Waals surface area contributed by atoms with E-state index in [0.29, 0.717) is 17.0 Å². The van der Waals surface area contributed by atoms with Crippen molar-refractivity contribution in [2.75, 3.05) is 13.7 Å². The highest BCUT2D eigenvalue weighted by molar-refractivity contribution is 7.13. The standard InChI is InChI=1S/C22H17NO6S/c1-26-17-4-2-3-15(9-17)22-23-16(13-30-22)11-28-21(25)12-27-18-7-5-14-6-8-20(24)29-19(14)10-18/h2-10,13H,11-12H2,1H3. The Morgan fingerprint density at radius 3 is 2.83 bits per heavy atom. The Morgan fingerprint density at radius 2 is 1.97 bits per heavy atom. The number of carbonyl (C=O) groups excluding carboxylic acids is 1. The predicted molar refractivity (Wildman–Crippen MR) is 112 cm³/mol. The first-order valence-electron chi connectivity index (χ1n) is 9.02. The summed E-state index contributed by atoms with van der Waals surface area (Å²) in [6.45, 7) is -0.218. The van der Waals surface area contributed by atoms with Crippen molar-refractivity contribution in [1.29, 1.82) is 0 Å². The van der Waals surface area contributed by atoms with E-state index in [1.54, 1.807) is 31.4 Å². The maximum Gasteiger partial charge on any atom is 0.344 e. The quantitative estimate of drug-likeness (QED) is 0.327. The van der Waals surface area contributed by atoms with Gasteiger partial charge in [0.15, 0.2) is 6.61 Å². The molecule has 8 heteroatoms. The number of aromatic nitrogens is 1. The van der Waals surface area contributed by atoms with Gasteiger partial charge >= 0.3 is 11.6 Å². The number of rotatable bonds is 7. The summed E-state index contributed by atoms with van der Waals surface area (Å²) in [4.78, 5) is 27.8. The van der Waals surface area contributed by atoms with Crippen LogP contribution in [-0.2, 0) is 16.1 Å². The van der Waals surface area contributed by atoms with Crippen LogP contribution in [0.25, 0.3) is 21.5 Å². The molecule has 0 fully saturated rings. The van der Waals surface area contributed by atoms with E-state index in [4.69, 9.17) is 18.6 Å². The highest BCUT2D eigenvalue weighted by Gasteiger charge is 2.10. The Balaban J connectivity index is 1.32. The lowest BCUT2D eigenvalue weighted by Gasteiger charge is -2.07. The fourth-order valence-electron chi connectivity index (χ4n) is 2.73. The topological polar surface area (TPSA) is 87.9 Å². The Morgan fingerprint density at radius 1 is 1.10 bits per heavy atom. The number of methoxy groups -OCH3 is 1.